The van der Waals surface area contributed by atoms with Crippen LogP contribution < -0.4 is 0 Å². The fourth-order valence-electron chi connectivity index (χ4n) is 1.15. The Balaban J connectivity index is 2.06. The molecular formula is C7H13NO2. The maximum Gasteiger partial charge on any atom is 0.104 e. The van der Waals surface area contributed by atoms with E-state index in [4.69, 9.17) is 4.74 Å². The second-order valence-electron chi connectivity index (χ2n) is 3.00. The summed E-state index contributed by atoms with van der Waals surface area (Å²) < 4.78 is 5.41. The number of nitrogens with zero attached hydrogens (tertiary/aromatic N) is 1. The van der Waals surface area contributed by atoms with Crippen LogP contribution in [0.1, 0.15) is 26.2 Å². The van der Waals surface area contributed by atoms with E-state index in [9.17, 15) is 4.91 Å². The van der Waals surface area contributed by atoms with Crippen molar-refractivity contribution in [2.45, 2.75) is 31.8 Å². The van der Waals surface area contributed by atoms with Crippen LogP contribution in [-0.2, 0) is 4.74 Å². The number of hydrogen-bond donors (Lipinski definition) is 0. The third kappa shape index (κ3) is 1.77. The summed E-state index contributed by atoms with van der Waals surface area (Å²) >= 11 is 0. The summed E-state index contributed by atoms with van der Waals surface area (Å²) in [5.41, 5.74) is 0.0741. The van der Waals surface area contributed by atoms with Crippen LogP contribution in [0.5, 0.6) is 0 Å². The van der Waals surface area contributed by atoms with E-state index in [1.165, 1.54) is 6.42 Å². The second kappa shape index (κ2) is 3.10. The Morgan fingerprint density at radius 1 is 1.60 bits per heavy atom. The van der Waals surface area contributed by atoms with Crippen molar-refractivity contribution in [2.75, 3.05) is 13.2 Å². The normalized spacial score (nSPS) is 21.7. The molecule has 3 nitrogen and oxygen atoms in total. The van der Waals surface area contributed by atoms with E-state index in [2.05, 4.69) is 12.1 Å². The van der Waals surface area contributed by atoms with Crippen molar-refractivity contribution in [3.8, 4) is 0 Å². The molecule has 0 saturated heterocycles. The molecule has 1 saturated carbocycles. The van der Waals surface area contributed by atoms with E-state index in [0.717, 1.165) is 12.8 Å². The highest BCUT2D eigenvalue weighted by atomic mass is 16.5. The summed E-state index contributed by atoms with van der Waals surface area (Å²) in [6.45, 7) is 2.86. The lowest BCUT2D eigenvalue weighted by Gasteiger charge is -2.37. The molecule has 1 aliphatic rings. The van der Waals surface area contributed by atoms with Gasteiger partial charge in [-0.1, -0.05) is 5.18 Å². The fourth-order valence-corrected chi connectivity index (χ4v) is 1.15. The summed E-state index contributed by atoms with van der Waals surface area (Å²) in [5.74, 6) is 0. The maximum atomic E-state index is 9.67. The van der Waals surface area contributed by atoms with Crippen LogP contribution in [-0.4, -0.2) is 18.8 Å². The predicted octanol–water partition coefficient (Wildman–Crippen LogP) is 1.71. The molecule has 0 atom stereocenters. The van der Waals surface area contributed by atoms with Crippen LogP contribution in [0.2, 0.25) is 0 Å². The molecule has 1 aliphatic carbocycles. The van der Waals surface area contributed by atoms with Gasteiger partial charge >= 0.3 is 0 Å². The van der Waals surface area contributed by atoms with Gasteiger partial charge in [0.25, 0.3) is 0 Å². The van der Waals surface area contributed by atoms with Crippen molar-refractivity contribution in [2.24, 2.45) is 5.18 Å². The molecule has 0 radical (unpaired) electrons. The third-order valence-electron chi connectivity index (χ3n) is 2.04. The highest BCUT2D eigenvalue weighted by Gasteiger charge is 2.32. The van der Waals surface area contributed by atoms with Crippen molar-refractivity contribution in [3.05, 3.63) is 4.91 Å². The Bertz CT molecular complexity index is 121. The van der Waals surface area contributed by atoms with Gasteiger partial charge in [-0.15, -0.1) is 0 Å². The van der Waals surface area contributed by atoms with Gasteiger partial charge in [0.15, 0.2) is 0 Å². The highest BCUT2D eigenvalue weighted by molar-refractivity contribution is 4.84. The smallest absolute Gasteiger partial charge is 0.104 e. The Hall–Kier alpha value is -0.440. The third-order valence-corrected chi connectivity index (χ3v) is 2.04. The molecule has 10 heavy (non-hydrogen) atoms. The first-order valence-electron chi connectivity index (χ1n) is 3.70. The first kappa shape index (κ1) is 7.66. The molecule has 0 aliphatic heterocycles. The standard InChI is InChI=1S/C7H13NO2/c1-7(3-2-4-7)10-6-5-8-9/h2-6H2,1H3. The molecule has 3 heteroatoms. The first-order chi connectivity index (χ1) is 4.77. The minimum Gasteiger partial charge on any atom is -0.373 e. The minimum atomic E-state index is 0.0741. The van der Waals surface area contributed by atoms with E-state index in [-0.39, 0.29) is 12.1 Å². The summed E-state index contributed by atoms with van der Waals surface area (Å²) in [6, 6.07) is 0. The SMILES string of the molecule is CC1(OCCN=O)CCC1. The topological polar surface area (TPSA) is 38.7 Å². The molecule has 0 aromatic heterocycles. The van der Waals surface area contributed by atoms with Gasteiger partial charge in [-0.05, 0) is 26.2 Å². The molecule has 0 aromatic carbocycles. The van der Waals surface area contributed by atoms with E-state index in [0.29, 0.717) is 6.61 Å². The van der Waals surface area contributed by atoms with Crippen molar-refractivity contribution in [1.82, 2.24) is 0 Å². The average molecular weight is 143 g/mol. The lowest BCUT2D eigenvalue weighted by Crippen LogP contribution is -2.37. The molecule has 0 amide bonds. The van der Waals surface area contributed by atoms with Gasteiger partial charge in [-0.3, -0.25) is 0 Å². The van der Waals surface area contributed by atoms with Crippen LogP contribution in [0.25, 0.3) is 0 Å². The van der Waals surface area contributed by atoms with Crippen LogP contribution in [0.3, 0.4) is 0 Å². The predicted molar refractivity (Wildman–Crippen MR) is 38.9 cm³/mol. The molecule has 0 heterocycles. The van der Waals surface area contributed by atoms with E-state index in [1.807, 2.05) is 0 Å². The van der Waals surface area contributed by atoms with Crippen molar-refractivity contribution in [1.29, 1.82) is 0 Å². The monoisotopic (exact) mass is 143 g/mol. The van der Waals surface area contributed by atoms with Gasteiger partial charge in [-0.2, -0.15) is 4.91 Å². The van der Waals surface area contributed by atoms with Gasteiger partial charge in [0.05, 0.1) is 12.2 Å². The van der Waals surface area contributed by atoms with Crippen molar-refractivity contribution >= 4 is 0 Å². The fraction of sp³-hybridized carbons (Fsp3) is 1.00. The zero-order chi connectivity index (χ0) is 7.45. The van der Waals surface area contributed by atoms with Gasteiger partial charge < -0.3 is 4.74 Å². The van der Waals surface area contributed by atoms with Gasteiger partial charge in [0, 0.05) is 0 Å². The highest BCUT2D eigenvalue weighted by Crippen LogP contribution is 2.34. The molecule has 1 fully saturated rings. The van der Waals surface area contributed by atoms with E-state index in [1.54, 1.807) is 0 Å². The number of rotatable bonds is 4. The largest absolute Gasteiger partial charge is 0.373 e. The Morgan fingerprint density at radius 2 is 2.30 bits per heavy atom. The molecular weight excluding hydrogens is 130 g/mol. The van der Waals surface area contributed by atoms with Gasteiger partial charge in [0.1, 0.15) is 6.54 Å². The molecule has 0 bridgehead atoms. The van der Waals surface area contributed by atoms with E-state index < -0.39 is 0 Å². The first-order valence-corrected chi connectivity index (χ1v) is 3.70. The molecule has 0 spiro atoms. The summed E-state index contributed by atoms with van der Waals surface area (Å²) in [5, 5.41) is 2.72. The van der Waals surface area contributed by atoms with Gasteiger partial charge in [0.2, 0.25) is 0 Å². The zero-order valence-corrected chi connectivity index (χ0v) is 6.30. The summed E-state index contributed by atoms with van der Waals surface area (Å²) in [7, 11) is 0. The molecule has 58 valence electrons. The molecule has 1 rings (SSSR count). The van der Waals surface area contributed by atoms with Crippen molar-refractivity contribution in [3.63, 3.8) is 0 Å². The Kier molecular flexibility index (Phi) is 2.38. The van der Waals surface area contributed by atoms with Gasteiger partial charge in [-0.25, -0.2) is 0 Å². The number of hydrogen-bond acceptors (Lipinski definition) is 3. The van der Waals surface area contributed by atoms with Crippen molar-refractivity contribution < 1.29 is 4.74 Å². The lowest BCUT2D eigenvalue weighted by molar-refractivity contribution is -0.0818. The average Bonchev–Trinajstić information content (AvgIpc) is 1.85. The lowest BCUT2D eigenvalue weighted by atomic mass is 9.82. The number of ether oxygens (including phenoxy) is 1. The quantitative estimate of drug-likeness (QED) is 0.444. The molecule has 0 N–H and O–H groups in total. The van der Waals surface area contributed by atoms with Crippen LogP contribution in [0.4, 0.5) is 0 Å². The Morgan fingerprint density at radius 3 is 2.70 bits per heavy atom. The van der Waals surface area contributed by atoms with E-state index >= 15 is 0 Å². The number of nitroso groups, excluding NO2 is 1. The van der Waals surface area contributed by atoms with Crippen LogP contribution >= 0.6 is 0 Å². The molecule has 0 unspecified atom stereocenters. The van der Waals surface area contributed by atoms with Crippen LogP contribution in [0, 0.1) is 4.91 Å². The molecule has 0 aromatic rings. The summed E-state index contributed by atoms with van der Waals surface area (Å²) in [4.78, 5) is 9.67. The minimum absolute atomic E-state index is 0.0741. The Labute approximate surface area is 60.7 Å². The summed E-state index contributed by atoms with van der Waals surface area (Å²) in [6.07, 6.45) is 3.52. The maximum absolute atomic E-state index is 9.67. The second-order valence-corrected chi connectivity index (χ2v) is 3.00. The van der Waals surface area contributed by atoms with Crippen LogP contribution in [0.15, 0.2) is 5.18 Å². The zero-order valence-electron chi connectivity index (χ0n) is 6.30.